The molecule has 0 amide bonds. The molecule has 5 heteroatoms. The Kier molecular flexibility index (Phi) is 5.51. The van der Waals surface area contributed by atoms with Crippen LogP contribution in [0.1, 0.15) is 33.8 Å². The quantitative estimate of drug-likeness (QED) is 0.721. The lowest BCUT2D eigenvalue weighted by atomic mass is 10.1. The van der Waals surface area contributed by atoms with Crippen LogP contribution >= 0.6 is 11.6 Å². The van der Waals surface area contributed by atoms with E-state index in [1.165, 1.54) is 16.8 Å². The number of hydrogen-bond donors (Lipinski definition) is 1. The highest BCUT2D eigenvalue weighted by Crippen LogP contribution is 2.19. The maximum Gasteiger partial charge on any atom is 0.0677 e. The van der Waals surface area contributed by atoms with Crippen molar-refractivity contribution in [2.45, 2.75) is 40.4 Å². The SMILES string of the molecule is Cc1cccnc1CNCc1c(C)nn(Cc2ccccc2Cl)c1C. The Balaban J connectivity index is 1.70. The van der Waals surface area contributed by atoms with E-state index < -0.39 is 0 Å². The number of rotatable bonds is 6. The van der Waals surface area contributed by atoms with Crippen LogP contribution in [-0.4, -0.2) is 14.8 Å². The van der Waals surface area contributed by atoms with Gasteiger partial charge in [0.2, 0.25) is 0 Å². The summed E-state index contributed by atoms with van der Waals surface area (Å²) >= 11 is 6.28. The molecule has 0 saturated carbocycles. The van der Waals surface area contributed by atoms with Gasteiger partial charge in [-0.15, -0.1) is 0 Å². The molecule has 0 fully saturated rings. The van der Waals surface area contributed by atoms with Crippen molar-refractivity contribution in [2.24, 2.45) is 0 Å². The molecular formula is C20H23ClN4. The summed E-state index contributed by atoms with van der Waals surface area (Å²) in [7, 11) is 0. The topological polar surface area (TPSA) is 42.7 Å². The minimum absolute atomic E-state index is 0.686. The second kappa shape index (κ2) is 7.81. The highest BCUT2D eigenvalue weighted by Gasteiger charge is 2.12. The first-order chi connectivity index (χ1) is 12.1. The second-order valence-corrected chi connectivity index (χ2v) is 6.68. The molecule has 25 heavy (non-hydrogen) atoms. The molecule has 2 heterocycles. The van der Waals surface area contributed by atoms with E-state index in [1.54, 1.807) is 0 Å². The summed E-state index contributed by atoms with van der Waals surface area (Å²) in [5.41, 5.74) is 6.83. The summed E-state index contributed by atoms with van der Waals surface area (Å²) in [5, 5.41) is 8.96. The van der Waals surface area contributed by atoms with Gasteiger partial charge in [-0.05, 0) is 44.0 Å². The number of pyridine rings is 1. The monoisotopic (exact) mass is 354 g/mol. The van der Waals surface area contributed by atoms with E-state index in [-0.39, 0.29) is 0 Å². The number of aromatic nitrogens is 3. The first-order valence-corrected chi connectivity index (χ1v) is 8.81. The van der Waals surface area contributed by atoms with Gasteiger partial charge in [0, 0.05) is 35.6 Å². The molecule has 0 aliphatic rings. The van der Waals surface area contributed by atoms with E-state index in [2.05, 4.69) is 37.1 Å². The van der Waals surface area contributed by atoms with Crippen molar-refractivity contribution >= 4 is 11.6 Å². The third-order valence-corrected chi connectivity index (χ3v) is 4.89. The molecule has 0 atom stereocenters. The first kappa shape index (κ1) is 17.6. The summed E-state index contributed by atoms with van der Waals surface area (Å²) in [5.74, 6) is 0. The number of hydrogen-bond acceptors (Lipinski definition) is 3. The second-order valence-electron chi connectivity index (χ2n) is 6.27. The molecular weight excluding hydrogens is 332 g/mol. The summed E-state index contributed by atoms with van der Waals surface area (Å²) < 4.78 is 2.03. The molecule has 1 N–H and O–H groups in total. The predicted molar refractivity (Wildman–Crippen MR) is 102 cm³/mol. The van der Waals surface area contributed by atoms with Crippen molar-refractivity contribution in [3.63, 3.8) is 0 Å². The normalized spacial score (nSPS) is 11.0. The van der Waals surface area contributed by atoms with Gasteiger partial charge in [-0.1, -0.05) is 35.9 Å². The van der Waals surface area contributed by atoms with Gasteiger partial charge in [0.15, 0.2) is 0 Å². The van der Waals surface area contributed by atoms with Gasteiger partial charge in [0.05, 0.1) is 17.9 Å². The van der Waals surface area contributed by atoms with E-state index in [9.17, 15) is 0 Å². The van der Waals surface area contributed by atoms with E-state index in [0.29, 0.717) is 6.54 Å². The molecule has 2 aromatic heterocycles. The molecule has 130 valence electrons. The van der Waals surface area contributed by atoms with Gasteiger partial charge in [-0.25, -0.2) is 0 Å². The molecule has 0 saturated heterocycles. The minimum Gasteiger partial charge on any atom is -0.307 e. The molecule has 0 aliphatic carbocycles. The number of nitrogens with one attached hydrogen (secondary N) is 1. The summed E-state index contributed by atoms with van der Waals surface area (Å²) in [4.78, 5) is 4.43. The third kappa shape index (κ3) is 4.09. The van der Waals surface area contributed by atoms with Crippen LogP contribution in [0.5, 0.6) is 0 Å². The molecule has 4 nitrogen and oxygen atoms in total. The lowest BCUT2D eigenvalue weighted by Crippen LogP contribution is -2.15. The lowest BCUT2D eigenvalue weighted by Gasteiger charge is -2.09. The zero-order chi connectivity index (χ0) is 17.8. The fraction of sp³-hybridized carbons (Fsp3) is 0.300. The first-order valence-electron chi connectivity index (χ1n) is 8.43. The molecule has 1 aromatic carbocycles. The van der Waals surface area contributed by atoms with Crippen molar-refractivity contribution in [1.82, 2.24) is 20.1 Å². The van der Waals surface area contributed by atoms with Gasteiger partial charge in [-0.2, -0.15) is 5.10 Å². The van der Waals surface area contributed by atoms with Gasteiger partial charge < -0.3 is 5.32 Å². The zero-order valence-electron chi connectivity index (χ0n) is 14.9. The maximum atomic E-state index is 6.28. The van der Waals surface area contributed by atoms with Crippen molar-refractivity contribution < 1.29 is 0 Å². The van der Waals surface area contributed by atoms with Crippen LogP contribution in [0.4, 0.5) is 0 Å². The number of halogens is 1. The molecule has 0 radical (unpaired) electrons. The molecule has 3 rings (SSSR count). The summed E-state index contributed by atoms with van der Waals surface area (Å²) in [6.45, 7) is 8.46. The average molecular weight is 355 g/mol. The summed E-state index contributed by atoms with van der Waals surface area (Å²) in [6.07, 6.45) is 1.84. The fourth-order valence-corrected chi connectivity index (χ4v) is 3.14. The molecule has 3 aromatic rings. The molecule has 0 bridgehead atoms. The smallest absolute Gasteiger partial charge is 0.0677 e. The molecule has 0 unspecified atom stereocenters. The highest BCUT2D eigenvalue weighted by atomic mass is 35.5. The lowest BCUT2D eigenvalue weighted by molar-refractivity contribution is 0.650. The number of benzene rings is 1. The Hall–Kier alpha value is -2.17. The summed E-state index contributed by atoms with van der Waals surface area (Å²) in [6, 6.07) is 12.0. The van der Waals surface area contributed by atoms with E-state index >= 15 is 0 Å². The Morgan fingerprint density at radius 1 is 1.04 bits per heavy atom. The highest BCUT2D eigenvalue weighted by molar-refractivity contribution is 6.31. The molecule has 0 aliphatic heterocycles. The Morgan fingerprint density at radius 2 is 1.84 bits per heavy atom. The van der Waals surface area contributed by atoms with Crippen LogP contribution in [-0.2, 0) is 19.6 Å². The standard InChI is InChI=1S/C20H23ClN4/c1-14-7-6-10-23-20(14)12-22-11-18-15(2)24-25(16(18)3)13-17-8-4-5-9-19(17)21/h4-10,22H,11-13H2,1-3H3. The van der Waals surface area contributed by atoms with Crippen LogP contribution in [0.3, 0.4) is 0 Å². The Bertz CT molecular complexity index is 870. The van der Waals surface area contributed by atoms with E-state index in [0.717, 1.165) is 35.1 Å². The largest absolute Gasteiger partial charge is 0.307 e. The van der Waals surface area contributed by atoms with Crippen molar-refractivity contribution in [3.8, 4) is 0 Å². The van der Waals surface area contributed by atoms with E-state index in [1.807, 2.05) is 41.2 Å². The Labute approximate surface area is 153 Å². The third-order valence-electron chi connectivity index (χ3n) is 4.52. The zero-order valence-corrected chi connectivity index (χ0v) is 15.6. The number of nitrogens with zero attached hydrogens (tertiary/aromatic N) is 3. The van der Waals surface area contributed by atoms with Crippen LogP contribution in [0.15, 0.2) is 42.6 Å². The van der Waals surface area contributed by atoms with Gasteiger partial charge in [0.1, 0.15) is 0 Å². The van der Waals surface area contributed by atoms with Crippen molar-refractivity contribution in [1.29, 1.82) is 0 Å². The molecule has 0 spiro atoms. The van der Waals surface area contributed by atoms with Crippen LogP contribution in [0.2, 0.25) is 5.02 Å². The van der Waals surface area contributed by atoms with Crippen molar-refractivity contribution in [2.75, 3.05) is 0 Å². The average Bonchev–Trinajstić information content (AvgIpc) is 2.86. The van der Waals surface area contributed by atoms with Gasteiger partial charge >= 0.3 is 0 Å². The van der Waals surface area contributed by atoms with Crippen molar-refractivity contribution in [3.05, 3.63) is 81.4 Å². The maximum absolute atomic E-state index is 6.28. The minimum atomic E-state index is 0.686. The predicted octanol–water partition coefficient (Wildman–Crippen LogP) is 4.19. The van der Waals surface area contributed by atoms with Crippen LogP contribution in [0.25, 0.3) is 0 Å². The van der Waals surface area contributed by atoms with Gasteiger partial charge in [0.25, 0.3) is 0 Å². The van der Waals surface area contributed by atoms with E-state index in [4.69, 9.17) is 16.7 Å². The van der Waals surface area contributed by atoms with Crippen LogP contribution < -0.4 is 5.32 Å². The number of aryl methyl sites for hydroxylation is 2. The van der Waals surface area contributed by atoms with Gasteiger partial charge in [-0.3, -0.25) is 9.67 Å². The Morgan fingerprint density at radius 3 is 2.60 bits per heavy atom. The fourth-order valence-electron chi connectivity index (χ4n) is 2.94. The van der Waals surface area contributed by atoms with Crippen LogP contribution in [0, 0.1) is 20.8 Å².